The molecule has 5 nitrogen and oxygen atoms in total. The summed E-state index contributed by atoms with van der Waals surface area (Å²) in [5, 5.41) is 0. The Kier molecular flexibility index (Phi) is 8.53. The van der Waals surface area contributed by atoms with Gasteiger partial charge in [0, 0.05) is 0 Å². The normalized spacial score (nSPS) is 28.0. The van der Waals surface area contributed by atoms with Crippen LogP contribution in [0.2, 0.25) is 0 Å². The van der Waals surface area contributed by atoms with E-state index >= 15 is 0 Å². The second kappa shape index (κ2) is 11.1. The Labute approximate surface area is 186 Å². The molecular weight excluding hydrogens is 392 g/mol. The van der Waals surface area contributed by atoms with Crippen LogP contribution < -0.4 is 0 Å². The highest BCUT2D eigenvalue weighted by Gasteiger charge is 2.58. The molecule has 0 N–H and O–H groups in total. The summed E-state index contributed by atoms with van der Waals surface area (Å²) in [5.41, 5.74) is 0.941. The number of unbranched alkanes of at least 4 members (excludes halogenated alkanes) is 3. The van der Waals surface area contributed by atoms with E-state index < -0.39 is 11.8 Å². The molecule has 1 aromatic carbocycles. The summed E-state index contributed by atoms with van der Waals surface area (Å²) in [5.74, 6) is -0.932. The molecule has 0 bridgehead atoms. The van der Waals surface area contributed by atoms with Crippen molar-refractivity contribution in [3.8, 4) is 0 Å². The zero-order valence-electron chi connectivity index (χ0n) is 19.4. The Morgan fingerprint density at radius 1 is 1.03 bits per heavy atom. The summed E-state index contributed by atoms with van der Waals surface area (Å²) in [6, 6.07) is 9.66. The molecule has 0 aromatic heterocycles. The van der Waals surface area contributed by atoms with Crippen molar-refractivity contribution in [1.29, 1.82) is 0 Å². The summed E-state index contributed by atoms with van der Waals surface area (Å²) >= 11 is 0. The number of benzene rings is 1. The van der Waals surface area contributed by atoms with E-state index in [-0.39, 0.29) is 36.2 Å². The molecule has 1 saturated heterocycles. The minimum Gasteiger partial charge on any atom is -0.465 e. The average Bonchev–Trinajstić information content (AvgIpc) is 3.53. The Hall–Kier alpha value is -1.88. The summed E-state index contributed by atoms with van der Waals surface area (Å²) in [6.07, 6.45) is 5.87. The van der Waals surface area contributed by atoms with E-state index in [1.165, 1.54) is 19.3 Å². The molecule has 0 amide bonds. The molecule has 1 heterocycles. The van der Waals surface area contributed by atoms with Gasteiger partial charge >= 0.3 is 11.9 Å². The molecule has 1 saturated carbocycles. The highest BCUT2D eigenvalue weighted by atomic mass is 16.6. The Morgan fingerprint density at radius 2 is 1.74 bits per heavy atom. The van der Waals surface area contributed by atoms with Crippen LogP contribution in [-0.4, -0.2) is 30.8 Å². The second-order valence-corrected chi connectivity index (χ2v) is 9.62. The van der Waals surface area contributed by atoms with E-state index in [4.69, 9.17) is 14.2 Å². The summed E-state index contributed by atoms with van der Waals surface area (Å²) in [7, 11) is 0. The largest absolute Gasteiger partial charge is 0.465 e. The van der Waals surface area contributed by atoms with Crippen molar-refractivity contribution in [2.75, 3.05) is 6.61 Å². The maximum absolute atomic E-state index is 13.1. The molecular formula is C26H38O5. The predicted octanol–water partition coefficient (Wildman–Crippen LogP) is 5.48. The number of esters is 2. The number of fused-ring (bicyclic) bond motifs is 1. The Bertz CT molecular complexity index is 716. The summed E-state index contributed by atoms with van der Waals surface area (Å²) < 4.78 is 17.1. The van der Waals surface area contributed by atoms with Gasteiger partial charge < -0.3 is 14.2 Å². The fraction of sp³-hybridized carbons (Fsp3) is 0.692. The van der Waals surface area contributed by atoms with E-state index in [9.17, 15) is 9.59 Å². The molecule has 5 heteroatoms. The number of carbonyl (C=O) groups excluding carboxylic acids is 2. The molecule has 6 unspecified atom stereocenters. The lowest BCUT2D eigenvalue weighted by Crippen LogP contribution is -2.43. The van der Waals surface area contributed by atoms with E-state index in [1.54, 1.807) is 0 Å². The van der Waals surface area contributed by atoms with Crippen molar-refractivity contribution in [3.63, 3.8) is 0 Å². The lowest BCUT2D eigenvalue weighted by Gasteiger charge is -2.32. The molecule has 0 radical (unpaired) electrons. The molecule has 172 valence electrons. The van der Waals surface area contributed by atoms with E-state index in [1.807, 2.05) is 44.2 Å². The molecule has 2 aliphatic rings. The molecule has 6 atom stereocenters. The third-order valence-electron chi connectivity index (χ3n) is 6.68. The molecule has 1 aliphatic carbocycles. The quantitative estimate of drug-likeness (QED) is 0.264. The molecule has 3 rings (SSSR count). The highest BCUT2D eigenvalue weighted by Crippen LogP contribution is 2.48. The average molecular weight is 431 g/mol. The van der Waals surface area contributed by atoms with Gasteiger partial charge in [0.1, 0.15) is 6.10 Å². The van der Waals surface area contributed by atoms with Crippen LogP contribution in [0.3, 0.4) is 0 Å². The van der Waals surface area contributed by atoms with Crippen LogP contribution in [0, 0.1) is 23.7 Å². The highest BCUT2D eigenvalue weighted by molar-refractivity contribution is 5.83. The molecule has 2 fully saturated rings. The zero-order valence-corrected chi connectivity index (χ0v) is 19.4. The van der Waals surface area contributed by atoms with Crippen LogP contribution in [0.1, 0.15) is 77.9 Å². The van der Waals surface area contributed by atoms with Crippen molar-refractivity contribution < 1.29 is 23.8 Å². The van der Waals surface area contributed by atoms with Crippen LogP contribution in [0.4, 0.5) is 0 Å². The van der Waals surface area contributed by atoms with Crippen LogP contribution in [0.15, 0.2) is 30.3 Å². The van der Waals surface area contributed by atoms with E-state index in [2.05, 4.69) is 13.8 Å². The van der Waals surface area contributed by atoms with Crippen molar-refractivity contribution in [2.45, 2.75) is 84.5 Å². The van der Waals surface area contributed by atoms with Gasteiger partial charge in [0.2, 0.25) is 0 Å². The van der Waals surface area contributed by atoms with Gasteiger partial charge in [-0.15, -0.1) is 0 Å². The number of epoxide rings is 1. The van der Waals surface area contributed by atoms with Gasteiger partial charge in [-0.3, -0.25) is 9.59 Å². The maximum Gasteiger partial charge on any atom is 0.310 e. The number of hydrogen-bond donors (Lipinski definition) is 0. The minimum absolute atomic E-state index is 0.0505. The third kappa shape index (κ3) is 6.55. The maximum atomic E-state index is 13.1. The fourth-order valence-corrected chi connectivity index (χ4v) is 4.73. The standard InChI is InChI=1S/C26H38O5/c1-17(2)12-8-5-6-11-15-29-25(27)21-16-22-24(31-22)18(3)23(21)26(28)30-19(4)20-13-9-7-10-14-20/h7,9-10,13-14,17-19,21-24H,5-6,8,11-12,15-16H2,1-4H3. The SMILES string of the molecule is CC(C)CCCCCCOC(=O)C1CC2OC2C(C)C1C(=O)OC(C)c1ccccc1. The van der Waals surface area contributed by atoms with Gasteiger partial charge in [0.05, 0.1) is 30.7 Å². The van der Waals surface area contributed by atoms with E-state index in [0.717, 1.165) is 24.3 Å². The molecule has 1 aliphatic heterocycles. The first-order chi connectivity index (χ1) is 14.9. The van der Waals surface area contributed by atoms with Gasteiger partial charge in [-0.25, -0.2) is 0 Å². The first kappa shape index (κ1) is 23.8. The van der Waals surface area contributed by atoms with Crippen molar-refractivity contribution in [2.24, 2.45) is 23.7 Å². The number of carbonyl (C=O) groups is 2. The van der Waals surface area contributed by atoms with Crippen molar-refractivity contribution in [1.82, 2.24) is 0 Å². The second-order valence-electron chi connectivity index (χ2n) is 9.62. The van der Waals surface area contributed by atoms with Crippen LogP contribution in [0.5, 0.6) is 0 Å². The van der Waals surface area contributed by atoms with Gasteiger partial charge in [-0.1, -0.05) is 76.8 Å². The smallest absolute Gasteiger partial charge is 0.310 e. The fourth-order valence-electron chi connectivity index (χ4n) is 4.73. The first-order valence-corrected chi connectivity index (χ1v) is 12.0. The van der Waals surface area contributed by atoms with Gasteiger partial charge in [0.15, 0.2) is 0 Å². The van der Waals surface area contributed by atoms with Crippen molar-refractivity contribution in [3.05, 3.63) is 35.9 Å². The summed E-state index contributed by atoms with van der Waals surface area (Å²) in [4.78, 5) is 26.0. The van der Waals surface area contributed by atoms with Gasteiger partial charge in [-0.05, 0) is 37.2 Å². The molecule has 1 aromatic rings. The molecule has 31 heavy (non-hydrogen) atoms. The first-order valence-electron chi connectivity index (χ1n) is 12.0. The van der Waals surface area contributed by atoms with Crippen molar-refractivity contribution >= 4 is 11.9 Å². The van der Waals surface area contributed by atoms with Crippen LogP contribution in [-0.2, 0) is 23.8 Å². The third-order valence-corrected chi connectivity index (χ3v) is 6.68. The topological polar surface area (TPSA) is 65.1 Å². The number of ether oxygens (including phenoxy) is 3. The predicted molar refractivity (Wildman–Crippen MR) is 119 cm³/mol. The van der Waals surface area contributed by atoms with Gasteiger partial charge in [0.25, 0.3) is 0 Å². The monoisotopic (exact) mass is 430 g/mol. The van der Waals surface area contributed by atoms with Gasteiger partial charge in [-0.2, -0.15) is 0 Å². The van der Waals surface area contributed by atoms with Crippen LogP contribution in [0.25, 0.3) is 0 Å². The number of rotatable bonds is 11. The lowest BCUT2D eigenvalue weighted by molar-refractivity contribution is -0.167. The minimum atomic E-state index is -0.520. The number of hydrogen-bond acceptors (Lipinski definition) is 5. The molecule has 0 spiro atoms. The van der Waals surface area contributed by atoms with Crippen LogP contribution >= 0.6 is 0 Å². The zero-order chi connectivity index (χ0) is 22.4. The Balaban J connectivity index is 1.51. The van der Waals surface area contributed by atoms with E-state index in [0.29, 0.717) is 13.0 Å². The lowest BCUT2D eigenvalue weighted by atomic mass is 9.72. The summed E-state index contributed by atoms with van der Waals surface area (Å²) in [6.45, 7) is 8.75. The Morgan fingerprint density at radius 3 is 2.45 bits per heavy atom.